The molecular weight excluding hydrogens is 240 g/mol. The van der Waals surface area contributed by atoms with Crippen molar-refractivity contribution in [2.75, 3.05) is 6.54 Å². The average Bonchev–Trinajstić information content (AvgIpc) is 2.44. The summed E-state index contributed by atoms with van der Waals surface area (Å²) in [6.07, 6.45) is 3.95. The van der Waals surface area contributed by atoms with Crippen LogP contribution in [0.5, 0.6) is 0 Å². The van der Waals surface area contributed by atoms with Crippen molar-refractivity contribution in [3.63, 3.8) is 0 Å². The normalized spacial score (nSPS) is 31.2. The first-order valence-corrected chi connectivity index (χ1v) is 7.61. The smallest absolute Gasteiger partial charge is 0.246 e. The molecule has 0 aliphatic carbocycles. The van der Waals surface area contributed by atoms with E-state index in [-0.39, 0.29) is 29.9 Å². The number of rotatable bonds is 3. The quantitative estimate of drug-likeness (QED) is 0.784. The maximum Gasteiger partial charge on any atom is 0.246 e. The van der Waals surface area contributed by atoms with Gasteiger partial charge in [-0.15, -0.1) is 0 Å². The summed E-state index contributed by atoms with van der Waals surface area (Å²) in [6, 6.07) is -0.352. The Labute approximate surface area is 116 Å². The zero-order chi connectivity index (χ0) is 14.2. The van der Waals surface area contributed by atoms with E-state index in [0.717, 1.165) is 32.2 Å². The minimum absolute atomic E-state index is 0.138. The molecule has 0 aromatic rings. The molecule has 0 spiro atoms. The van der Waals surface area contributed by atoms with Crippen LogP contribution in [0.3, 0.4) is 0 Å². The molecule has 0 N–H and O–H groups in total. The molecule has 0 aromatic heterocycles. The van der Waals surface area contributed by atoms with Crippen LogP contribution in [-0.4, -0.2) is 46.3 Å². The lowest BCUT2D eigenvalue weighted by molar-refractivity contribution is -0.166. The van der Waals surface area contributed by atoms with Crippen LogP contribution >= 0.6 is 0 Å². The Hall–Kier alpha value is -1.06. The fourth-order valence-corrected chi connectivity index (χ4v) is 3.34. The van der Waals surface area contributed by atoms with Crippen LogP contribution in [0, 0.1) is 5.92 Å². The van der Waals surface area contributed by atoms with E-state index in [1.165, 1.54) is 0 Å². The summed E-state index contributed by atoms with van der Waals surface area (Å²) in [7, 11) is 0. The highest BCUT2D eigenvalue weighted by Gasteiger charge is 2.46. The van der Waals surface area contributed by atoms with Crippen molar-refractivity contribution in [2.45, 2.75) is 71.5 Å². The Balaban J connectivity index is 2.24. The number of nitrogens with zero attached hydrogens (tertiary/aromatic N) is 2. The van der Waals surface area contributed by atoms with Gasteiger partial charge in [-0.05, 0) is 39.0 Å². The van der Waals surface area contributed by atoms with E-state index in [1.807, 2.05) is 16.7 Å². The molecule has 2 fully saturated rings. The zero-order valence-electron chi connectivity index (χ0n) is 12.6. The van der Waals surface area contributed by atoms with Crippen molar-refractivity contribution in [2.24, 2.45) is 5.92 Å². The zero-order valence-corrected chi connectivity index (χ0v) is 12.6. The third-order valence-electron chi connectivity index (χ3n) is 5.01. The number of hydrogen-bond donors (Lipinski definition) is 0. The Bertz CT molecular complexity index is 369. The highest BCUT2D eigenvalue weighted by molar-refractivity contribution is 5.97. The maximum absolute atomic E-state index is 12.7. The summed E-state index contributed by atoms with van der Waals surface area (Å²) in [5.74, 6) is 0.730. The predicted molar refractivity (Wildman–Crippen MR) is 74.6 cm³/mol. The molecule has 4 atom stereocenters. The van der Waals surface area contributed by atoms with Gasteiger partial charge in [0, 0.05) is 12.6 Å². The molecule has 4 heteroatoms. The predicted octanol–water partition coefficient (Wildman–Crippen LogP) is 2.03. The van der Waals surface area contributed by atoms with Crippen molar-refractivity contribution in [3.05, 3.63) is 0 Å². The maximum atomic E-state index is 12.7. The number of carbonyl (C=O) groups excluding carboxylic acids is 2. The second-order valence-electron chi connectivity index (χ2n) is 6.09. The summed E-state index contributed by atoms with van der Waals surface area (Å²) < 4.78 is 0. The second kappa shape index (κ2) is 5.51. The largest absolute Gasteiger partial charge is 0.329 e. The van der Waals surface area contributed by atoms with E-state index in [2.05, 4.69) is 20.8 Å². The molecule has 0 saturated carbocycles. The summed E-state index contributed by atoms with van der Waals surface area (Å²) in [5.41, 5.74) is 0. The van der Waals surface area contributed by atoms with E-state index in [9.17, 15) is 9.59 Å². The minimum Gasteiger partial charge on any atom is -0.329 e. The van der Waals surface area contributed by atoms with Crippen molar-refractivity contribution >= 4 is 11.8 Å². The van der Waals surface area contributed by atoms with Gasteiger partial charge in [0.05, 0.1) is 0 Å². The van der Waals surface area contributed by atoms with Crippen molar-refractivity contribution in [1.29, 1.82) is 0 Å². The molecule has 0 bridgehead atoms. The Kier molecular flexibility index (Phi) is 4.16. The monoisotopic (exact) mass is 266 g/mol. The molecule has 108 valence electrons. The lowest BCUT2D eigenvalue weighted by atomic mass is 9.91. The Morgan fingerprint density at radius 2 is 1.89 bits per heavy atom. The van der Waals surface area contributed by atoms with Crippen LogP contribution in [0.15, 0.2) is 0 Å². The van der Waals surface area contributed by atoms with Crippen LogP contribution in [0.25, 0.3) is 0 Å². The van der Waals surface area contributed by atoms with Gasteiger partial charge in [0.2, 0.25) is 11.8 Å². The van der Waals surface area contributed by atoms with E-state index >= 15 is 0 Å². The van der Waals surface area contributed by atoms with Crippen LogP contribution in [0.1, 0.15) is 53.4 Å². The first-order chi connectivity index (χ1) is 8.99. The molecule has 0 aromatic carbocycles. The first kappa shape index (κ1) is 14.4. The van der Waals surface area contributed by atoms with Gasteiger partial charge >= 0.3 is 0 Å². The standard InChI is InChI=1S/C15H26N2O2/c1-5-10(2)11(3)17-12(4)14(18)16-9-7-6-8-13(16)15(17)19/h10-13H,5-9H2,1-4H3. The van der Waals surface area contributed by atoms with Crippen molar-refractivity contribution in [1.82, 2.24) is 9.80 Å². The average molecular weight is 266 g/mol. The van der Waals surface area contributed by atoms with Gasteiger partial charge in [0.15, 0.2) is 0 Å². The SMILES string of the molecule is CCC(C)C(C)N1C(=O)C2CCCCN2C(=O)C1C. The number of amides is 2. The van der Waals surface area contributed by atoms with E-state index in [1.54, 1.807) is 0 Å². The van der Waals surface area contributed by atoms with Crippen LogP contribution in [0.2, 0.25) is 0 Å². The topological polar surface area (TPSA) is 40.6 Å². The van der Waals surface area contributed by atoms with Gasteiger partial charge in [-0.3, -0.25) is 9.59 Å². The number of hydrogen-bond acceptors (Lipinski definition) is 2. The van der Waals surface area contributed by atoms with Gasteiger partial charge < -0.3 is 9.80 Å². The summed E-state index contributed by atoms with van der Waals surface area (Å²) in [5, 5.41) is 0. The number of fused-ring (bicyclic) bond motifs is 1. The second-order valence-corrected chi connectivity index (χ2v) is 6.09. The molecule has 19 heavy (non-hydrogen) atoms. The molecule has 2 aliphatic rings. The summed E-state index contributed by atoms with van der Waals surface area (Å²) in [6.45, 7) is 9.00. The van der Waals surface area contributed by atoms with E-state index in [4.69, 9.17) is 0 Å². The van der Waals surface area contributed by atoms with Gasteiger partial charge in [-0.2, -0.15) is 0 Å². The van der Waals surface area contributed by atoms with Gasteiger partial charge in [-0.1, -0.05) is 20.3 Å². The van der Waals surface area contributed by atoms with E-state index in [0.29, 0.717) is 5.92 Å². The molecule has 2 rings (SSSR count). The van der Waals surface area contributed by atoms with Crippen LogP contribution in [-0.2, 0) is 9.59 Å². The molecule has 4 unspecified atom stereocenters. The third kappa shape index (κ3) is 2.37. The number of carbonyl (C=O) groups is 2. The highest BCUT2D eigenvalue weighted by Crippen LogP contribution is 2.29. The van der Waals surface area contributed by atoms with Gasteiger partial charge in [-0.25, -0.2) is 0 Å². The Morgan fingerprint density at radius 3 is 2.53 bits per heavy atom. The third-order valence-corrected chi connectivity index (χ3v) is 5.01. The van der Waals surface area contributed by atoms with Crippen LogP contribution < -0.4 is 0 Å². The lowest BCUT2D eigenvalue weighted by Crippen LogP contribution is -2.67. The number of piperidine rings is 1. The molecule has 0 radical (unpaired) electrons. The van der Waals surface area contributed by atoms with E-state index < -0.39 is 0 Å². The minimum atomic E-state index is -0.300. The molecule has 2 saturated heterocycles. The Morgan fingerprint density at radius 1 is 1.21 bits per heavy atom. The fraction of sp³-hybridized carbons (Fsp3) is 0.867. The molecule has 2 amide bonds. The molecule has 2 heterocycles. The molecule has 4 nitrogen and oxygen atoms in total. The lowest BCUT2D eigenvalue weighted by Gasteiger charge is -2.49. The highest BCUT2D eigenvalue weighted by atomic mass is 16.2. The first-order valence-electron chi connectivity index (χ1n) is 7.61. The summed E-state index contributed by atoms with van der Waals surface area (Å²) >= 11 is 0. The van der Waals surface area contributed by atoms with Crippen LogP contribution in [0.4, 0.5) is 0 Å². The van der Waals surface area contributed by atoms with Gasteiger partial charge in [0.1, 0.15) is 12.1 Å². The fourth-order valence-electron chi connectivity index (χ4n) is 3.34. The molecule has 2 aliphatic heterocycles. The molecular formula is C15H26N2O2. The number of piperazine rings is 1. The summed E-state index contributed by atoms with van der Waals surface area (Å²) in [4.78, 5) is 28.8. The van der Waals surface area contributed by atoms with Crippen molar-refractivity contribution < 1.29 is 9.59 Å². The van der Waals surface area contributed by atoms with Gasteiger partial charge in [0.25, 0.3) is 0 Å². The van der Waals surface area contributed by atoms with Crippen molar-refractivity contribution in [3.8, 4) is 0 Å².